The van der Waals surface area contributed by atoms with Crippen LogP contribution in [0.1, 0.15) is 46.6 Å². The van der Waals surface area contributed by atoms with Crippen molar-refractivity contribution < 1.29 is 0 Å². The molecule has 0 saturated carbocycles. The largest absolute Gasteiger partial charge is 0.355 e. The van der Waals surface area contributed by atoms with Gasteiger partial charge in [0.1, 0.15) is 0 Å². The molecule has 0 amide bonds. The number of nitrogens with one attached hydrogen (secondary N) is 2. The highest BCUT2D eigenvalue weighted by atomic mass is 14.9. The van der Waals surface area contributed by atoms with E-state index < -0.39 is 0 Å². The van der Waals surface area contributed by atoms with E-state index in [0.29, 0.717) is 0 Å². The summed E-state index contributed by atoms with van der Waals surface area (Å²) in [6, 6.07) is 48.6. The van der Waals surface area contributed by atoms with Crippen LogP contribution in [0.2, 0.25) is 0 Å². The predicted molar refractivity (Wildman–Crippen MR) is 184 cm³/mol. The van der Waals surface area contributed by atoms with Gasteiger partial charge in [0.2, 0.25) is 0 Å². The quantitative estimate of drug-likeness (QED) is 0.215. The van der Waals surface area contributed by atoms with Gasteiger partial charge in [-0.25, -0.2) is 0 Å². The Morgan fingerprint density at radius 1 is 0.452 bits per heavy atom. The molecule has 0 aromatic heterocycles. The molecule has 0 atom stereocenters. The standard InChI is InChI=1S/C24H29N.C16H13N/c1-23(2,3)17-24(4,5)21-16-15-18-11-9-10-14-20(18)22(21)25-19-12-7-6-8-13-19;1-2-9-14(10-3-1)17-16-12-6-8-13-7-4-5-11-15(13)16/h6-16,25H,17H2,1-5H3;1-12,17H. The summed E-state index contributed by atoms with van der Waals surface area (Å²) in [5, 5.41) is 12.2. The summed E-state index contributed by atoms with van der Waals surface area (Å²) in [7, 11) is 0. The van der Waals surface area contributed by atoms with Crippen molar-refractivity contribution in [3.63, 3.8) is 0 Å². The summed E-state index contributed by atoms with van der Waals surface area (Å²) in [6.45, 7) is 11.7. The number of para-hydroxylation sites is 2. The van der Waals surface area contributed by atoms with Crippen LogP contribution in [-0.2, 0) is 5.41 Å². The SMILES string of the molecule is CC(C)(C)CC(C)(C)c1ccc2ccccc2c1Nc1ccccc1.c1ccc(Nc2cccc3ccccc23)cc1. The summed E-state index contributed by atoms with van der Waals surface area (Å²) in [4.78, 5) is 0. The monoisotopic (exact) mass is 550 g/mol. The molecule has 6 aromatic rings. The Morgan fingerprint density at radius 3 is 1.57 bits per heavy atom. The third-order valence-electron chi connectivity index (χ3n) is 7.52. The van der Waals surface area contributed by atoms with Crippen LogP contribution in [0.25, 0.3) is 21.5 Å². The fraction of sp³-hybridized carbons (Fsp3) is 0.200. The zero-order chi connectivity index (χ0) is 29.6. The number of fused-ring (bicyclic) bond motifs is 2. The van der Waals surface area contributed by atoms with Gasteiger partial charge in [-0.1, -0.05) is 144 Å². The highest BCUT2D eigenvalue weighted by molar-refractivity contribution is 5.98. The minimum Gasteiger partial charge on any atom is -0.355 e. The van der Waals surface area contributed by atoms with Gasteiger partial charge in [0, 0.05) is 27.8 Å². The minimum absolute atomic E-state index is 0.0827. The smallest absolute Gasteiger partial charge is 0.0501 e. The number of hydrogen-bond donors (Lipinski definition) is 2. The van der Waals surface area contributed by atoms with Crippen LogP contribution in [-0.4, -0.2) is 0 Å². The first-order valence-electron chi connectivity index (χ1n) is 14.8. The highest BCUT2D eigenvalue weighted by Gasteiger charge is 2.30. The van der Waals surface area contributed by atoms with Crippen molar-refractivity contribution in [2.75, 3.05) is 10.6 Å². The Hall–Kier alpha value is -4.56. The molecule has 2 nitrogen and oxygen atoms in total. The summed E-state index contributed by atoms with van der Waals surface area (Å²) < 4.78 is 0. The molecule has 0 bridgehead atoms. The van der Waals surface area contributed by atoms with Crippen LogP contribution >= 0.6 is 0 Å². The highest BCUT2D eigenvalue weighted by Crippen LogP contribution is 2.43. The van der Waals surface area contributed by atoms with E-state index in [-0.39, 0.29) is 10.8 Å². The Labute approximate surface area is 251 Å². The van der Waals surface area contributed by atoms with Gasteiger partial charge < -0.3 is 10.6 Å². The first-order valence-corrected chi connectivity index (χ1v) is 14.8. The molecular weight excluding hydrogens is 508 g/mol. The lowest BCUT2D eigenvalue weighted by atomic mass is 9.71. The van der Waals surface area contributed by atoms with Gasteiger partial charge in [-0.15, -0.1) is 0 Å². The molecule has 42 heavy (non-hydrogen) atoms. The summed E-state index contributed by atoms with van der Waals surface area (Å²) in [5.74, 6) is 0. The Morgan fingerprint density at radius 2 is 0.952 bits per heavy atom. The number of rotatable bonds is 6. The molecule has 0 radical (unpaired) electrons. The van der Waals surface area contributed by atoms with E-state index in [4.69, 9.17) is 0 Å². The average molecular weight is 551 g/mol. The van der Waals surface area contributed by atoms with Gasteiger partial charge in [0.05, 0.1) is 5.69 Å². The van der Waals surface area contributed by atoms with E-state index in [0.717, 1.165) is 23.5 Å². The Balaban J connectivity index is 0.000000180. The number of hydrogen-bond acceptors (Lipinski definition) is 2. The second kappa shape index (κ2) is 12.5. The lowest BCUT2D eigenvalue weighted by molar-refractivity contribution is 0.285. The van der Waals surface area contributed by atoms with Crippen LogP contribution in [0.3, 0.4) is 0 Å². The molecule has 2 N–H and O–H groups in total. The molecule has 0 fully saturated rings. The molecule has 0 aliphatic carbocycles. The lowest BCUT2D eigenvalue weighted by Gasteiger charge is -2.35. The van der Waals surface area contributed by atoms with Crippen LogP contribution in [0, 0.1) is 5.41 Å². The van der Waals surface area contributed by atoms with Crippen molar-refractivity contribution in [2.45, 2.75) is 46.5 Å². The van der Waals surface area contributed by atoms with Crippen molar-refractivity contribution in [1.82, 2.24) is 0 Å². The first-order chi connectivity index (χ1) is 20.2. The predicted octanol–water partition coefficient (Wildman–Crippen LogP) is 11.9. The van der Waals surface area contributed by atoms with Crippen LogP contribution in [0.5, 0.6) is 0 Å². The molecule has 0 aliphatic rings. The molecule has 6 aromatic carbocycles. The molecule has 6 rings (SSSR count). The van der Waals surface area contributed by atoms with Gasteiger partial charge in [0.15, 0.2) is 0 Å². The fourth-order valence-corrected chi connectivity index (χ4v) is 6.07. The second-order valence-electron chi connectivity index (χ2n) is 12.8. The van der Waals surface area contributed by atoms with Crippen LogP contribution < -0.4 is 10.6 Å². The Bertz CT molecular complexity index is 1740. The zero-order valence-electron chi connectivity index (χ0n) is 25.5. The molecule has 0 heterocycles. The van der Waals surface area contributed by atoms with Crippen LogP contribution in [0.15, 0.2) is 140 Å². The van der Waals surface area contributed by atoms with Crippen molar-refractivity contribution in [2.24, 2.45) is 5.41 Å². The van der Waals surface area contributed by atoms with Crippen molar-refractivity contribution in [3.05, 3.63) is 145 Å². The molecular formula is C40H42N2. The molecule has 0 spiro atoms. The van der Waals surface area contributed by atoms with E-state index in [9.17, 15) is 0 Å². The summed E-state index contributed by atoms with van der Waals surface area (Å²) in [6.07, 6.45) is 1.13. The van der Waals surface area contributed by atoms with Gasteiger partial charge in [-0.2, -0.15) is 0 Å². The molecule has 212 valence electrons. The molecule has 0 aliphatic heterocycles. The second-order valence-corrected chi connectivity index (χ2v) is 12.8. The lowest BCUT2D eigenvalue weighted by Crippen LogP contribution is -2.25. The van der Waals surface area contributed by atoms with E-state index in [1.54, 1.807) is 0 Å². The maximum atomic E-state index is 3.71. The average Bonchev–Trinajstić information content (AvgIpc) is 2.98. The van der Waals surface area contributed by atoms with Crippen LogP contribution in [0.4, 0.5) is 22.7 Å². The fourth-order valence-electron chi connectivity index (χ4n) is 6.07. The van der Waals surface area contributed by atoms with Gasteiger partial charge in [-0.05, 0) is 63.9 Å². The van der Waals surface area contributed by atoms with Gasteiger partial charge >= 0.3 is 0 Å². The first kappa shape index (κ1) is 29.0. The molecule has 0 unspecified atom stereocenters. The maximum absolute atomic E-state index is 3.71. The minimum atomic E-state index is 0.0827. The van der Waals surface area contributed by atoms with Crippen molar-refractivity contribution in [3.8, 4) is 0 Å². The normalized spacial score (nSPS) is 11.5. The molecule has 0 saturated heterocycles. The van der Waals surface area contributed by atoms with E-state index in [1.165, 1.54) is 32.8 Å². The molecule has 2 heteroatoms. The number of anilines is 4. The van der Waals surface area contributed by atoms with Crippen molar-refractivity contribution >= 4 is 44.3 Å². The number of benzene rings is 6. The van der Waals surface area contributed by atoms with Gasteiger partial charge in [0.25, 0.3) is 0 Å². The third-order valence-corrected chi connectivity index (χ3v) is 7.52. The van der Waals surface area contributed by atoms with Crippen molar-refractivity contribution in [1.29, 1.82) is 0 Å². The van der Waals surface area contributed by atoms with Gasteiger partial charge in [-0.3, -0.25) is 0 Å². The van der Waals surface area contributed by atoms with E-state index in [2.05, 4.69) is 167 Å². The Kier molecular flexibility index (Phi) is 8.64. The van der Waals surface area contributed by atoms with E-state index >= 15 is 0 Å². The summed E-state index contributed by atoms with van der Waals surface area (Å²) in [5.41, 5.74) is 6.37. The summed E-state index contributed by atoms with van der Waals surface area (Å²) >= 11 is 0. The maximum Gasteiger partial charge on any atom is 0.0501 e. The van der Waals surface area contributed by atoms with E-state index in [1.807, 2.05) is 18.2 Å². The topological polar surface area (TPSA) is 24.1 Å². The zero-order valence-corrected chi connectivity index (χ0v) is 25.5. The third kappa shape index (κ3) is 7.19.